The van der Waals surface area contributed by atoms with Crippen LogP contribution in [0.5, 0.6) is 0 Å². The lowest BCUT2D eigenvalue weighted by Crippen LogP contribution is -2.18. The van der Waals surface area contributed by atoms with Crippen molar-refractivity contribution in [3.63, 3.8) is 0 Å². The SMILES string of the molecule is CCCCCCCCN1Cc2c(I)sc(I)c2C1. The van der Waals surface area contributed by atoms with Gasteiger partial charge in [-0.2, -0.15) is 0 Å². The van der Waals surface area contributed by atoms with E-state index in [0.29, 0.717) is 0 Å². The third-order valence-electron chi connectivity index (χ3n) is 3.61. The summed E-state index contributed by atoms with van der Waals surface area (Å²) >= 11 is 6.97. The number of hydrogen-bond donors (Lipinski definition) is 0. The van der Waals surface area contributed by atoms with E-state index in [0.717, 1.165) is 0 Å². The second-order valence-electron chi connectivity index (χ2n) is 5.09. The Balaban J connectivity index is 1.67. The van der Waals surface area contributed by atoms with Crippen molar-refractivity contribution in [2.75, 3.05) is 6.54 Å². The molecule has 102 valence electrons. The van der Waals surface area contributed by atoms with Gasteiger partial charge in [0.15, 0.2) is 0 Å². The maximum atomic E-state index is 2.63. The minimum absolute atomic E-state index is 1.20. The van der Waals surface area contributed by atoms with Crippen LogP contribution in [0.4, 0.5) is 0 Å². The first kappa shape index (κ1) is 15.5. The molecule has 0 spiro atoms. The molecule has 1 aromatic heterocycles. The number of rotatable bonds is 7. The van der Waals surface area contributed by atoms with Gasteiger partial charge in [-0.1, -0.05) is 39.0 Å². The molecule has 4 heteroatoms. The molecule has 0 unspecified atom stereocenters. The Morgan fingerprint density at radius 3 is 2.11 bits per heavy atom. The lowest BCUT2D eigenvalue weighted by atomic mass is 10.1. The molecule has 2 rings (SSSR count). The Bertz CT molecular complexity index is 363. The Morgan fingerprint density at radius 1 is 0.944 bits per heavy atom. The topological polar surface area (TPSA) is 3.24 Å². The van der Waals surface area contributed by atoms with Crippen LogP contribution < -0.4 is 0 Å². The van der Waals surface area contributed by atoms with Gasteiger partial charge in [0.05, 0.1) is 5.77 Å². The zero-order valence-corrected chi connectivity index (χ0v) is 16.1. The second kappa shape index (κ2) is 7.78. The van der Waals surface area contributed by atoms with Gasteiger partial charge in [-0.25, -0.2) is 0 Å². The molecule has 2 heterocycles. The van der Waals surface area contributed by atoms with Crippen LogP contribution in [0.3, 0.4) is 0 Å². The molecule has 0 N–H and O–H groups in total. The Morgan fingerprint density at radius 2 is 1.50 bits per heavy atom. The van der Waals surface area contributed by atoms with Crippen molar-refractivity contribution in [1.82, 2.24) is 4.90 Å². The highest BCUT2D eigenvalue weighted by molar-refractivity contribution is 14.1. The first-order chi connectivity index (χ1) is 8.72. The highest BCUT2D eigenvalue weighted by atomic mass is 127. The molecule has 0 aliphatic carbocycles. The van der Waals surface area contributed by atoms with E-state index in [4.69, 9.17) is 0 Å². The molecule has 1 aliphatic heterocycles. The van der Waals surface area contributed by atoms with Gasteiger partial charge >= 0.3 is 0 Å². The summed E-state index contributed by atoms with van der Waals surface area (Å²) in [6, 6.07) is 0. The van der Waals surface area contributed by atoms with E-state index in [1.54, 1.807) is 11.1 Å². The standard InChI is InChI=1S/C14H21I2NS/c1-2-3-4-5-6-7-8-17-9-11-12(10-17)14(16)18-13(11)15/h2-10H2,1H3. The number of unbranched alkanes of at least 4 members (excludes halogenated alkanes) is 5. The summed E-state index contributed by atoms with van der Waals surface area (Å²) in [6.45, 7) is 5.97. The van der Waals surface area contributed by atoms with Gasteiger partial charge < -0.3 is 0 Å². The lowest BCUT2D eigenvalue weighted by molar-refractivity contribution is 0.275. The molecule has 1 aliphatic rings. The third kappa shape index (κ3) is 4.06. The average molecular weight is 489 g/mol. The molecular formula is C14H21I2NS. The van der Waals surface area contributed by atoms with Crippen LogP contribution in [0, 0.1) is 5.77 Å². The molecule has 0 bridgehead atoms. The van der Waals surface area contributed by atoms with Crippen LogP contribution in [-0.2, 0) is 13.1 Å². The predicted octanol–water partition coefficient (Wildman–Crippen LogP) is 5.63. The highest BCUT2D eigenvalue weighted by Gasteiger charge is 2.25. The summed E-state index contributed by atoms with van der Waals surface area (Å²) in [7, 11) is 0. The number of nitrogens with zero attached hydrogens (tertiary/aromatic N) is 1. The van der Waals surface area contributed by atoms with Gasteiger partial charge in [0, 0.05) is 13.1 Å². The number of halogens is 2. The van der Waals surface area contributed by atoms with E-state index >= 15 is 0 Å². The van der Waals surface area contributed by atoms with E-state index in [9.17, 15) is 0 Å². The van der Waals surface area contributed by atoms with E-state index in [1.807, 2.05) is 11.3 Å². The molecule has 0 amide bonds. The van der Waals surface area contributed by atoms with Gasteiger partial charge in [-0.15, -0.1) is 11.3 Å². The van der Waals surface area contributed by atoms with Crippen molar-refractivity contribution in [1.29, 1.82) is 0 Å². The van der Waals surface area contributed by atoms with Crippen LogP contribution in [0.2, 0.25) is 0 Å². The monoisotopic (exact) mass is 489 g/mol. The van der Waals surface area contributed by atoms with Gasteiger partial charge in [-0.05, 0) is 69.3 Å². The van der Waals surface area contributed by atoms with Crippen LogP contribution in [-0.4, -0.2) is 11.4 Å². The molecule has 1 nitrogen and oxygen atoms in total. The smallest absolute Gasteiger partial charge is 0.0713 e. The molecular weight excluding hydrogens is 468 g/mol. The van der Waals surface area contributed by atoms with Gasteiger partial charge in [0.1, 0.15) is 0 Å². The lowest BCUT2D eigenvalue weighted by Gasteiger charge is -2.14. The fraction of sp³-hybridized carbons (Fsp3) is 0.714. The molecule has 0 saturated carbocycles. The average Bonchev–Trinajstić information content (AvgIpc) is 2.87. The van der Waals surface area contributed by atoms with Crippen molar-refractivity contribution in [2.45, 2.75) is 58.5 Å². The first-order valence-corrected chi connectivity index (χ1v) is 9.87. The van der Waals surface area contributed by atoms with Crippen molar-refractivity contribution < 1.29 is 0 Å². The summed E-state index contributed by atoms with van der Waals surface area (Å²) in [5.41, 5.74) is 3.24. The molecule has 1 aromatic rings. The summed E-state index contributed by atoms with van der Waals surface area (Å²) in [6.07, 6.45) is 8.42. The van der Waals surface area contributed by atoms with E-state index < -0.39 is 0 Å². The zero-order valence-electron chi connectivity index (χ0n) is 11.0. The van der Waals surface area contributed by atoms with Crippen LogP contribution in [0.1, 0.15) is 56.6 Å². The van der Waals surface area contributed by atoms with Gasteiger partial charge in [0.25, 0.3) is 0 Å². The normalized spacial score (nSPS) is 15.3. The number of thiophene rings is 1. The molecule has 0 saturated heterocycles. The van der Waals surface area contributed by atoms with Gasteiger partial charge in [-0.3, -0.25) is 4.90 Å². The molecule has 0 radical (unpaired) electrons. The Kier molecular flexibility index (Phi) is 6.71. The highest BCUT2D eigenvalue weighted by Crippen LogP contribution is 2.37. The first-order valence-electron chi connectivity index (χ1n) is 6.90. The van der Waals surface area contributed by atoms with Crippen molar-refractivity contribution in [3.05, 3.63) is 16.9 Å². The van der Waals surface area contributed by atoms with Crippen LogP contribution in [0.15, 0.2) is 0 Å². The fourth-order valence-electron chi connectivity index (χ4n) is 2.53. The Hall–Kier alpha value is 1.12. The third-order valence-corrected chi connectivity index (χ3v) is 7.08. The molecule has 18 heavy (non-hydrogen) atoms. The summed E-state index contributed by atoms with van der Waals surface area (Å²) < 4.78 is 3.02. The Labute approximate surface area is 142 Å². The quantitative estimate of drug-likeness (QED) is 0.355. The van der Waals surface area contributed by atoms with Crippen molar-refractivity contribution >= 4 is 56.5 Å². The fourth-order valence-corrected chi connectivity index (χ4v) is 6.89. The second-order valence-corrected chi connectivity index (χ2v) is 9.73. The van der Waals surface area contributed by atoms with Gasteiger partial charge in [0.2, 0.25) is 0 Å². The van der Waals surface area contributed by atoms with Crippen LogP contribution in [0.25, 0.3) is 0 Å². The summed E-state index contributed by atoms with van der Waals surface area (Å²) in [4.78, 5) is 2.63. The maximum Gasteiger partial charge on any atom is 0.0713 e. The maximum absolute atomic E-state index is 2.63. The van der Waals surface area contributed by atoms with Crippen molar-refractivity contribution in [2.24, 2.45) is 0 Å². The minimum atomic E-state index is 1.20. The zero-order chi connectivity index (χ0) is 13.0. The molecule has 0 fully saturated rings. The minimum Gasteiger partial charge on any atom is -0.295 e. The number of hydrogen-bond acceptors (Lipinski definition) is 2. The van der Waals surface area contributed by atoms with E-state index in [-0.39, 0.29) is 0 Å². The predicted molar refractivity (Wildman–Crippen MR) is 97.2 cm³/mol. The van der Waals surface area contributed by atoms with E-state index in [1.165, 1.54) is 63.9 Å². The van der Waals surface area contributed by atoms with Crippen LogP contribution >= 0.6 is 56.5 Å². The molecule has 0 aromatic carbocycles. The van der Waals surface area contributed by atoms with E-state index in [2.05, 4.69) is 57.0 Å². The number of fused-ring (bicyclic) bond motifs is 1. The van der Waals surface area contributed by atoms with Crippen molar-refractivity contribution in [3.8, 4) is 0 Å². The summed E-state index contributed by atoms with van der Waals surface area (Å²) in [5, 5.41) is 0. The largest absolute Gasteiger partial charge is 0.295 e. The summed E-state index contributed by atoms with van der Waals surface area (Å²) in [5.74, 6) is 0. The molecule has 0 atom stereocenters.